The lowest BCUT2D eigenvalue weighted by Gasteiger charge is -2.13. The Hall–Kier alpha value is -0.730. The highest BCUT2D eigenvalue weighted by Gasteiger charge is 2.08. The number of rotatable bonds is 6. The Morgan fingerprint density at radius 2 is 2.06 bits per heavy atom. The van der Waals surface area contributed by atoms with Crippen LogP contribution in [0.3, 0.4) is 0 Å². The Morgan fingerprint density at radius 3 is 2.62 bits per heavy atom. The van der Waals surface area contributed by atoms with E-state index in [2.05, 4.69) is 13.8 Å². The molecule has 90 valence electrons. The summed E-state index contributed by atoms with van der Waals surface area (Å²) in [5.74, 6) is 0.746. The third kappa shape index (κ3) is 3.69. The number of benzene rings is 1. The molecule has 1 rings (SSSR count). The zero-order valence-electron chi connectivity index (χ0n) is 10.0. The van der Waals surface area contributed by atoms with E-state index in [9.17, 15) is 0 Å². The molecule has 2 nitrogen and oxygen atoms in total. The fourth-order valence-corrected chi connectivity index (χ4v) is 1.80. The monoisotopic (exact) mass is 241 g/mol. The van der Waals surface area contributed by atoms with Gasteiger partial charge in [-0.3, -0.25) is 0 Å². The fourth-order valence-electron chi connectivity index (χ4n) is 1.55. The highest BCUT2D eigenvalue weighted by molar-refractivity contribution is 6.32. The van der Waals surface area contributed by atoms with Crippen LogP contribution in [0.4, 0.5) is 0 Å². The molecule has 1 aromatic rings. The minimum absolute atomic E-state index is 0.0720. The van der Waals surface area contributed by atoms with E-state index in [1.54, 1.807) is 0 Å². The predicted octanol–water partition coefficient (Wildman–Crippen LogP) is 3.93. The van der Waals surface area contributed by atoms with Crippen molar-refractivity contribution >= 4 is 11.6 Å². The molecule has 0 aliphatic carbocycles. The lowest BCUT2D eigenvalue weighted by Crippen LogP contribution is -2.09. The van der Waals surface area contributed by atoms with Gasteiger partial charge in [-0.25, -0.2) is 0 Å². The average Bonchev–Trinajstić information content (AvgIpc) is 2.27. The molecule has 1 atom stereocenters. The minimum atomic E-state index is 0.0720. The second-order valence-corrected chi connectivity index (χ2v) is 4.34. The van der Waals surface area contributed by atoms with Gasteiger partial charge in [-0.1, -0.05) is 37.9 Å². The molecule has 2 N–H and O–H groups in total. The third-order valence-electron chi connectivity index (χ3n) is 2.45. The summed E-state index contributed by atoms with van der Waals surface area (Å²) in [5, 5.41) is 0.650. The van der Waals surface area contributed by atoms with Crippen molar-refractivity contribution in [2.24, 2.45) is 5.73 Å². The van der Waals surface area contributed by atoms with Gasteiger partial charge in [-0.2, -0.15) is 0 Å². The maximum atomic E-state index is 6.13. The maximum absolute atomic E-state index is 6.13. The molecule has 0 saturated carbocycles. The lowest BCUT2D eigenvalue weighted by atomic mass is 10.0. The van der Waals surface area contributed by atoms with Crippen molar-refractivity contribution in [2.45, 2.75) is 39.2 Å². The summed E-state index contributed by atoms with van der Waals surface area (Å²) in [6.45, 7) is 4.89. The van der Waals surface area contributed by atoms with E-state index in [4.69, 9.17) is 22.1 Å². The molecule has 0 spiro atoms. The van der Waals surface area contributed by atoms with Crippen LogP contribution in [0.2, 0.25) is 5.02 Å². The van der Waals surface area contributed by atoms with Gasteiger partial charge in [0.15, 0.2) is 0 Å². The maximum Gasteiger partial charge on any atom is 0.137 e. The van der Waals surface area contributed by atoms with Crippen LogP contribution >= 0.6 is 11.6 Å². The van der Waals surface area contributed by atoms with Crippen molar-refractivity contribution in [3.8, 4) is 5.75 Å². The summed E-state index contributed by atoms with van der Waals surface area (Å²) < 4.78 is 5.51. The van der Waals surface area contributed by atoms with E-state index < -0.39 is 0 Å². The molecule has 0 bridgehead atoms. The van der Waals surface area contributed by atoms with Crippen molar-refractivity contribution in [2.75, 3.05) is 6.61 Å². The van der Waals surface area contributed by atoms with E-state index in [-0.39, 0.29) is 6.04 Å². The first-order chi connectivity index (χ1) is 7.69. The van der Waals surface area contributed by atoms with Crippen molar-refractivity contribution < 1.29 is 4.74 Å². The van der Waals surface area contributed by atoms with Gasteiger partial charge in [-0.15, -0.1) is 0 Å². The van der Waals surface area contributed by atoms with Crippen LogP contribution < -0.4 is 10.5 Å². The van der Waals surface area contributed by atoms with Gasteiger partial charge in [0.25, 0.3) is 0 Å². The molecule has 0 amide bonds. The van der Waals surface area contributed by atoms with Gasteiger partial charge in [-0.05, 0) is 30.5 Å². The van der Waals surface area contributed by atoms with Gasteiger partial charge in [0.05, 0.1) is 11.6 Å². The van der Waals surface area contributed by atoms with Crippen LogP contribution in [0.15, 0.2) is 18.2 Å². The molecule has 1 aromatic carbocycles. The first-order valence-corrected chi connectivity index (χ1v) is 6.24. The second-order valence-electron chi connectivity index (χ2n) is 3.93. The summed E-state index contributed by atoms with van der Waals surface area (Å²) in [6, 6.07) is 5.88. The largest absolute Gasteiger partial charge is 0.492 e. The van der Waals surface area contributed by atoms with E-state index in [0.717, 1.165) is 30.6 Å². The third-order valence-corrected chi connectivity index (χ3v) is 2.74. The van der Waals surface area contributed by atoms with Crippen molar-refractivity contribution in [3.63, 3.8) is 0 Å². The van der Waals surface area contributed by atoms with Crippen LogP contribution in [0, 0.1) is 0 Å². The van der Waals surface area contributed by atoms with E-state index >= 15 is 0 Å². The van der Waals surface area contributed by atoms with Gasteiger partial charge in [0.1, 0.15) is 5.75 Å². The quantitative estimate of drug-likeness (QED) is 0.819. The predicted molar refractivity (Wildman–Crippen MR) is 69.1 cm³/mol. The first kappa shape index (κ1) is 13.3. The van der Waals surface area contributed by atoms with Crippen LogP contribution in [0.5, 0.6) is 5.75 Å². The number of halogens is 1. The molecule has 0 saturated heterocycles. The molecule has 0 aromatic heterocycles. The average molecular weight is 242 g/mol. The summed E-state index contributed by atoms with van der Waals surface area (Å²) in [6.07, 6.45) is 3.03. The minimum Gasteiger partial charge on any atom is -0.492 e. The Morgan fingerprint density at radius 1 is 1.31 bits per heavy atom. The smallest absolute Gasteiger partial charge is 0.137 e. The topological polar surface area (TPSA) is 35.2 Å². The highest BCUT2D eigenvalue weighted by Crippen LogP contribution is 2.28. The summed E-state index contributed by atoms with van der Waals surface area (Å²) in [5.41, 5.74) is 7.10. The molecule has 3 heteroatoms. The number of nitrogens with two attached hydrogens (primary N) is 1. The summed E-state index contributed by atoms with van der Waals surface area (Å²) in [4.78, 5) is 0. The van der Waals surface area contributed by atoms with Gasteiger partial charge >= 0.3 is 0 Å². The molecule has 0 radical (unpaired) electrons. The summed E-state index contributed by atoms with van der Waals surface area (Å²) in [7, 11) is 0. The van der Waals surface area contributed by atoms with Crippen molar-refractivity contribution in [3.05, 3.63) is 28.8 Å². The zero-order valence-corrected chi connectivity index (χ0v) is 10.8. The van der Waals surface area contributed by atoms with E-state index in [1.165, 1.54) is 0 Å². The normalized spacial score (nSPS) is 12.5. The summed E-state index contributed by atoms with van der Waals surface area (Å²) >= 11 is 6.13. The highest BCUT2D eigenvalue weighted by atomic mass is 35.5. The number of hydrogen-bond donors (Lipinski definition) is 1. The van der Waals surface area contributed by atoms with E-state index in [1.807, 2.05) is 18.2 Å². The number of hydrogen-bond acceptors (Lipinski definition) is 2. The van der Waals surface area contributed by atoms with Gasteiger partial charge in [0, 0.05) is 6.04 Å². The Kier molecular flexibility index (Phi) is 5.64. The molecule has 0 fully saturated rings. The van der Waals surface area contributed by atoms with E-state index in [0.29, 0.717) is 11.6 Å². The fraction of sp³-hybridized carbons (Fsp3) is 0.538. The van der Waals surface area contributed by atoms with Crippen LogP contribution in [-0.4, -0.2) is 6.61 Å². The zero-order chi connectivity index (χ0) is 12.0. The Bertz CT molecular complexity index is 328. The SMILES string of the molecule is CCCOc1ccc(C(N)CCC)cc1Cl. The van der Waals surface area contributed by atoms with Crippen molar-refractivity contribution in [1.29, 1.82) is 0 Å². The lowest BCUT2D eigenvalue weighted by molar-refractivity contribution is 0.317. The van der Waals surface area contributed by atoms with Crippen LogP contribution in [-0.2, 0) is 0 Å². The molecule has 0 aliphatic rings. The number of ether oxygens (including phenoxy) is 1. The molecular weight excluding hydrogens is 222 g/mol. The second kappa shape index (κ2) is 6.77. The first-order valence-electron chi connectivity index (χ1n) is 5.86. The molecule has 1 unspecified atom stereocenters. The molecule has 0 heterocycles. The Balaban J connectivity index is 2.73. The van der Waals surface area contributed by atoms with Gasteiger partial charge < -0.3 is 10.5 Å². The Labute approximate surface area is 103 Å². The van der Waals surface area contributed by atoms with Crippen LogP contribution in [0.25, 0.3) is 0 Å². The van der Waals surface area contributed by atoms with Crippen molar-refractivity contribution in [1.82, 2.24) is 0 Å². The molecular formula is C13H20ClNO. The van der Waals surface area contributed by atoms with Gasteiger partial charge in [0.2, 0.25) is 0 Å². The molecule has 16 heavy (non-hydrogen) atoms. The standard InChI is InChI=1S/C13H20ClNO/c1-3-5-12(15)10-6-7-13(11(14)9-10)16-8-4-2/h6-7,9,12H,3-5,8,15H2,1-2H3. The van der Waals surface area contributed by atoms with Crippen LogP contribution in [0.1, 0.15) is 44.7 Å². The molecule has 0 aliphatic heterocycles.